The van der Waals surface area contributed by atoms with Gasteiger partial charge in [0.15, 0.2) is 0 Å². The minimum absolute atomic E-state index is 0.335. The van der Waals surface area contributed by atoms with Gasteiger partial charge in [-0.15, -0.1) is 0 Å². The largest absolute Gasteiger partial charge is 0.391 e. The molecule has 0 bridgehead atoms. The molecule has 0 aliphatic rings. The zero-order chi connectivity index (χ0) is 17.7. The monoisotopic (exact) mass is 354 g/mol. The third kappa shape index (κ3) is 21.7. The van der Waals surface area contributed by atoms with Crippen molar-refractivity contribution in [2.75, 3.05) is 93.0 Å². The summed E-state index contributed by atoms with van der Waals surface area (Å²) >= 11 is 0. The lowest BCUT2D eigenvalue weighted by atomic mass is 10.4. The summed E-state index contributed by atoms with van der Waals surface area (Å²) in [5.74, 6) is 0. The van der Waals surface area contributed by atoms with Gasteiger partial charge in [0.1, 0.15) is 0 Å². The predicted molar refractivity (Wildman–Crippen MR) is 88.5 cm³/mol. The molecule has 0 saturated carbocycles. The van der Waals surface area contributed by atoms with Crippen LogP contribution in [0.5, 0.6) is 0 Å². The van der Waals surface area contributed by atoms with Gasteiger partial charge < -0.3 is 38.3 Å². The normalized spacial score (nSPS) is 12.6. The number of aliphatic hydroxyl groups is 1. The van der Waals surface area contributed by atoms with E-state index in [1.54, 1.807) is 14.0 Å². The SMILES string of the molecule is COCCOCCOCCOCCOCCOCCOC[C@H](C)O. The number of hydrogen-bond donors (Lipinski definition) is 1. The lowest BCUT2D eigenvalue weighted by Crippen LogP contribution is -2.16. The maximum atomic E-state index is 8.98. The van der Waals surface area contributed by atoms with Crippen molar-refractivity contribution >= 4 is 0 Å². The van der Waals surface area contributed by atoms with Crippen LogP contribution in [0.4, 0.5) is 0 Å². The fourth-order valence-electron chi connectivity index (χ4n) is 1.50. The highest BCUT2D eigenvalue weighted by molar-refractivity contribution is 4.41. The van der Waals surface area contributed by atoms with E-state index < -0.39 is 6.10 Å². The average molecular weight is 354 g/mol. The lowest BCUT2D eigenvalue weighted by Gasteiger charge is -2.08. The van der Waals surface area contributed by atoms with Crippen LogP contribution in [0.1, 0.15) is 6.92 Å². The Balaban J connectivity index is 2.95. The van der Waals surface area contributed by atoms with E-state index in [1.165, 1.54) is 0 Å². The molecule has 8 nitrogen and oxygen atoms in total. The Kier molecular flexibility index (Phi) is 20.4. The Morgan fingerprint density at radius 1 is 0.542 bits per heavy atom. The first-order valence-corrected chi connectivity index (χ1v) is 8.40. The molecular weight excluding hydrogens is 320 g/mol. The second kappa shape index (κ2) is 20.7. The van der Waals surface area contributed by atoms with Gasteiger partial charge in [-0.3, -0.25) is 0 Å². The van der Waals surface area contributed by atoms with Crippen molar-refractivity contribution in [3.8, 4) is 0 Å². The highest BCUT2D eigenvalue weighted by atomic mass is 16.6. The van der Waals surface area contributed by atoms with E-state index in [0.29, 0.717) is 85.9 Å². The van der Waals surface area contributed by atoms with Crippen LogP contribution in [-0.4, -0.2) is 104 Å². The number of methoxy groups -OCH3 is 1. The Labute approximate surface area is 145 Å². The van der Waals surface area contributed by atoms with Crippen molar-refractivity contribution < 1.29 is 38.3 Å². The Hall–Kier alpha value is -0.320. The summed E-state index contributed by atoms with van der Waals surface area (Å²) in [6.07, 6.45) is -0.437. The van der Waals surface area contributed by atoms with Crippen molar-refractivity contribution in [3.63, 3.8) is 0 Å². The summed E-state index contributed by atoms with van der Waals surface area (Å²) in [5, 5.41) is 8.98. The van der Waals surface area contributed by atoms with E-state index in [-0.39, 0.29) is 0 Å². The Morgan fingerprint density at radius 3 is 1.12 bits per heavy atom. The third-order valence-corrected chi connectivity index (χ3v) is 2.65. The zero-order valence-corrected chi connectivity index (χ0v) is 15.1. The summed E-state index contributed by atoms with van der Waals surface area (Å²) in [4.78, 5) is 0. The summed E-state index contributed by atoms with van der Waals surface area (Å²) in [5.41, 5.74) is 0. The molecule has 0 saturated heterocycles. The maximum Gasteiger partial charge on any atom is 0.0745 e. The molecule has 0 unspecified atom stereocenters. The molecule has 1 N–H and O–H groups in total. The number of hydrogen-bond acceptors (Lipinski definition) is 8. The molecule has 8 heteroatoms. The molecule has 0 amide bonds. The number of aliphatic hydroxyl groups excluding tert-OH is 1. The standard InChI is InChI=1S/C16H34O8/c1-16(17)15-24-14-13-23-12-11-22-10-9-21-8-7-20-6-5-19-4-3-18-2/h16-17H,3-15H2,1-2H3/t16-/m0/s1. The minimum Gasteiger partial charge on any atom is -0.391 e. The van der Waals surface area contributed by atoms with Crippen LogP contribution >= 0.6 is 0 Å². The van der Waals surface area contributed by atoms with Crippen LogP contribution in [0.25, 0.3) is 0 Å². The number of ether oxygens (including phenoxy) is 7. The van der Waals surface area contributed by atoms with E-state index in [2.05, 4.69) is 0 Å². The van der Waals surface area contributed by atoms with Gasteiger partial charge in [0, 0.05) is 7.11 Å². The molecule has 0 radical (unpaired) electrons. The smallest absolute Gasteiger partial charge is 0.0745 e. The van der Waals surface area contributed by atoms with Crippen LogP contribution in [-0.2, 0) is 33.2 Å². The Bertz CT molecular complexity index is 228. The fourth-order valence-corrected chi connectivity index (χ4v) is 1.50. The van der Waals surface area contributed by atoms with Gasteiger partial charge in [-0.05, 0) is 6.92 Å². The summed E-state index contributed by atoms with van der Waals surface area (Å²) in [6, 6.07) is 0. The van der Waals surface area contributed by atoms with Crippen LogP contribution in [0, 0.1) is 0 Å². The molecular formula is C16H34O8. The van der Waals surface area contributed by atoms with Gasteiger partial charge in [0.25, 0.3) is 0 Å². The van der Waals surface area contributed by atoms with Gasteiger partial charge in [-0.2, -0.15) is 0 Å². The van der Waals surface area contributed by atoms with Crippen LogP contribution in [0.3, 0.4) is 0 Å². The molecule has 1 atom stereocenters. The van der Waals surface area contributed by atoms with Gasteiger partial charge in [0.2, 0.25) is 0 Å². The van der Waals surface area contributed by atoms with Crippen molar-refractivity contribution in [2.24, 2.45) is 0 Å². The van der Waals surface area contributed by atoms with Crippen molar-refractivity contribution in [3.05, 3.63) is 0 Å². The minimum atomic E-state index is -0.437. The zero-order valence-electron chi connectivity index (χ0n) is 15.1. The lowest BCUT2D eigenvalue weighted by molar-refractivity contribution is -0.0235. The van der Waals surface area contributed by atoms with Crippen molar-refractivity contribution in [1.29, 1.82) is 0 Å². The van der Waals surface area contributed by atoms with Crippen molar-refractivity contribution in [2.45, 2.75) is 13.0 Å². The van der Waals surface area contributed by atoms with Crippen LogP contribution in [0.2, 0.25) is 0 Å². The second-order valence-electron chi connectivity index (χ2n) is 4.98. The molecule has 0 heterocycles. The molecule has 0 aliphatic heterocycles. The third-order valence-electron chi connectivity index (χ3n) is 2.65. The molecule has 0 rings (SSSR count). The molecule has 0 spiro atoms. The van der Waals surface area contributed by atoms with Gasteiger partial charge >= 0.3 is 0 Å². The molecule has 0 aromatic rings. The summed E-state index contributed by atoms with van der Waals surface area (Å²) in [6.45, 7) is 8.50. The van der Waals surface area contributed by atoms with E-state index in [0.717, 1.165) is 0 Å². The quantitative estimate of drug-likeness (QED) is 0.309. The van der Waals surface area contributed by atoms with Crippen LogP contribution in [0.15, 0.2) is 0 Å². The van der Waals surface area contributed by atoms with E-state index in [9.17, 15) is 0 Å². The van der Waals surface area contributed by atoms with E-state index in [1.807, 2.05) is 0 Å². The van der Waals surface area contributed by atoms with Gasteiger partial charge in [0.05, 0.1) is 92.0 Å². The molecule has 0 aromatic carbocycles. The topological polar surface area (TPSA) is 84.8 Å². The average Bonchev–Trinajstić information content (AvgIpc) is 2.56. The highest BCUT2D eigenvalue weighted by Gasteiger charge is 1.96. The number of rotatable bonds is 20. The molecule has 0 aliphatic carbocycles. The first-order valence-electron chi connectivity index (χ1n) is 8.40. The predicted octanol–water partition coefficient (Wildman–Crippen LogP) is 0.113. The first kappa shape index (κ1) is 23.7. The first-order chi connectivity index (χ1) is 11.8. The molecule has 0 aromatic heterocycles. The summed E-state index contributed by atoms with van der Waals surface area (Å²) < 4.78 is 36.6. The van der Waals surface area contributed by atoms with E-state index in [4.69, 9.17) is 38.3 Å². The maximum absolute atomic E-state index is 8.98. The van der Waals surface area contributed by atoms with E-state index >= 15 is 0 Å². The summed E-state index contributed by atoms with van der Waals surface area (Å²) in [7, 11) is 1.64. The molecule has 24 heavy (non-hydrogen) atoms. The van der Waals surface area contributed by atoms with Crippen LogP contribution < -0.4 is 0 Å². The van der Waals surface area contributed by atoms with Gasteiger partial charge in [-0.1, -0.05) is 0 Å². The van der Waals surface area contributed by atoms with Crippen molar-refractivity contribution in [1.82, 2.24) is 0 Å². The Morgan fingerprint density at radius 2 is 0.833 bits per heavy atom. The molecule has 146 valence electrons. The second-order valence-corrected chi connectivity index (χ2v) is 4.98. The highest BCUT2D eigenvalue weighted by Crippen LogP contribution is 1.86. The fraction of sp³-hybridized carbons (Fsp3) is 1.00. The van der Waals surface area contributed by atoms with Gasteiger partial charge in [-0.25, -0.2) is 0 Å². The molecule has 0 fully saturated rings.